The number of halogens is 1. The molecule has 2 aromatic rings. The van der Waals surface area contributed by atoms with Crippen LogP contribution in [-0.4, -0.2) is 21.9 Å². The summed E-state index contributed by atoms with van der Waals surface area (Å²) in [6.45, 7) is 1.85. The predicted molar refractivity (Wildman–Crippen MR) is 79.3 cm³/mol. The molecule has 1 heterocycles. The second-order valence-corrected chi connectivity index (χ2v) is 4.52. The van der Waals surface area contributed by atoms with Crippen LogP contribution in [0, 0.1) is 18.3 Å². The lowest BCUT2D eigenvalue weighted by atomic mass is 10.2. The van der Waals surface area contributed by atoms with Crippen molar-refractivity contribution in [3.8, 4) is 11.8 Å². The number of rotatable bonds is 4. The van der Waals surface area contributed by atoms with E-state index in [1.807, 2.05) is 37.3 Å². The molecule has 0 bridgehead atoms. The van der Waals surface area contributed by atoms with Crippen molar-refractivity contribution in [1.82, 2.24) is 15.2 Å². The topological polar surface area (TPSA) is 83.1 Å². The van der Waals surface area contributed by atoms with Crippen LogP contribution in [0.15, 0.2) is 35.4 Å². The highest BCUT2D eigenvalue weighted by atomic mass is 35.5. The van der Waals surface area contributed by atoms with Gasteiger partial charge in [-0.1, -0.05) is 29.8 Å². The third-order valence-corrected chi connectivity index (χ3v) is 3.02. The van der Waals surface area contributed by atoms with Gasteiger partial charge in [0.15, 0.2) is 5.15 Å². The number of hydrazone groups is 1. The monoisotopic (exact) mass is 301 g/mol. The Morgan fingerprint density at radius 2 is 2.24 bits per heavy atom. The second kappa shape index (κ2) is 6.68. The number of hydrogen-bond acceptors (Lipinski definition) is 4. The molecule has 6 nitrogen and oxygen atoms in total. The van der Waals surface area contributed by atoms with Crippen LogP contribution in [0.1, 0.15) is 17.7 Å². The average Bonchev–Trinajstić information content (AvgIpc) is 2.76. The number of benzene rings is 1. The van der Waals surface area contributed by atoms with Crippen LogP contribution >= 0.6 is 11.6 Å². The van der Waals surface area contributed by atoms with Gasteiger partial charge in [0.1, 0.15) is 6.42 Å². The lowest BCUT2D eigenvalue weighted by Gasteiger charge is -2.03. The molecule has 2 rings (SSSR count). The molecule has 0 atom stereocenters. The Morgan fingerprint density at radius 1 is 1.52 bits per heavy atom. The molecule has 1 aromatic heterocycles. The maximum atomic E-state index is 11.1. The zero-order chi connectivity index (χ0) is 15.2. The Labute approximate surface area is 126 Å². The van der Waals surface area contributed by atoms with Gasteiger partial charge in [-0.15, -0.1) is 0 Å². The molecular weight excluding hydrogens is 290 g/mol. The third-order valence-electron chi connectivity index (χ3n) is 2.74. The van der Waals surface area contributed by atoms with Crippen LogP contribution in [0.4, 0.5) is 0 Å². The first-order valence-electron chi connectivity index (χ1n) is 6.13. The largest absolute Gasteiger partial charge is 0.272 e. The molecule has 106 valence electrons. The summed E-state index contributed by atoms with van der Waals surface area (Å²) in [7, 11) is 0. The number of nitrogens with zero attached hydrogens (tertiary/aromatic N) is 4. The van der Waals surface area contributed by atoms with Crippen LogP contribution in [0.25, 0.3) is 5.69 Å². The van der Waals surface area contributed by atoms with Crippen molar-refractivity contribution >= 4 is 23.7 Å². The van der Waals surface area contributed by atoms with E-state index in [2.05, 4.69) is 15.6 Å². The van der Waals surface area contributed by atoms with Crippen molar-refractivity contribution in [2.75, 3.05) is 0 Å². The van der Waals surface area contributed by atoms with Gasteiger partial charge in [-0.05, 0) is 19.1 Å². The summed E-state index contributed by atoms with van der Waals surface area (Å²) < 4.78 is 1.70. The Bertz CT molecular complexity index is 715. The van der Waals surface area contributed by atoms with Crippen LogP contribution in [-0.2, 0) is 4.79 Å². The summed E-state index contributed by atoms with van der Waals surface area (Å²) in [4.78, 5) is 11.1. The van der Waals surface area contributed by atoms with E-state index < -0.39 is 5.91 Å². The molecule has 0 aliphatic heterocycles. The fourth-order valence-corrected chi connectivity index (χ4v) is 1.99. The summed E-state index contributed by atoms with van der Waals surface area (Å²) in [5, 5.41) is 16.7. The first-order chi connectivity index (χ1) is 10.1. The number of carbonyl (C=O) groups excluding carboxylic acids is 1. The number of hydrogen-bond donors (Lipinski definition) is 1. The van der Waals surface area contributed by atoms with Crippen molar-refractivity contribution in [3.05, 3.63) is 46.7 Å². The standard InChI is InChI=1S/C14H12ClN5O/c1-10-12(9-17-18-13(21)7-8-16)14(15)19-20(10)11-5-3-2-4-6-11/h2-6,9H,7H2,1H3,(H,18,21)/b17-9-. The first kappa shape index (κ1) is 14.8. The van der Waals surface area contributed by atoms with E-state index in [-0.39, 0.29) is 11.6 Å². The smallest absolute Gasteiger partial charge is 0.254 e. The van der Waals surface area contributed by atoms with Crippen molar-refractivity contribution < 1.29 is 4.79 Å². The van der Waals surface area contributed by atoms with Crippen molar-refractivity contribution in [1.29, 1.82) is 5.26 Å². The molecule has 0 aliphatic carbocycles. The van der Waals surface area contributed by atoms with E-state index in [1.54, 1.807) is 10.8 Å². The van der Waals surface area contributed by atoms with E-state index >= 15 is 0 Å². The lowest BCUT2D eigenvalue weighted by molar-refractivity contribution is -0.120. The highest BCUT2D eigenvalue weighted by Gasteiger charge is 2.12. The molecule has 1 aromatic carbocycles. The van der Waals surface area contributed by atoms with Gasteiger partial charge >= 0.3 is 0 Å². The minimum Gasteiger partial charge on any atom is -0.272 e. The summed E-state index contributed by atoms with van der Waals surface area (Å²) in [6.07, 6.45) is 1.17. The van der Waals surface area contributed by atoms with Crippen molar-refractivity contribution in [3.63, 3.8) is 0 Å². The minimum atomic E-state index is -0.474. The summed E-state index contributed by atoms with van der Waals surface area (Å²) in [6, 6.07) is 11.3. The zero-order valence-electron chi connectivity index (χ0n) is 11.2. The molecule has 0 saturated heterocycles. The van der Waals surface area contributed by atoms with E-state index in [1.165, 1.54) is 6.21 Å². The van der Waals surface area contributed by atoms with E-state index in [0.29, 0.717) is 5.56 Å². The maximum absolute atomic E-state index is 11.1. The van der Waals surface area contributed by atoms with Gasteiger partial charge in [0.2, 0.25) is 0 Å². The Kier molecular flexibility index (Phi) is 4.69. The molecule has 0 spiro atoms. The molecular formula is C14H12ClN5O. The molecule has 1 N–H and O–H groups in total. The van der Waals surface area contributed by atoms with E-state index in [0.717, 1.165) is 11.4 Å². The molecule has 1 amide bonds. The number of nitrogens with one attached hydrogen (secondary N) is 1. The summed E-state index contributed by atoms with van der Waals surface area (Å²) in [5.41, 5.74) is 4.53. The molecule has 0 fully saturated rings. The maximum Gasteiger partial charge on any atom is 0.254 e. The Hall–Kier alpha value is -2.65. The fourth-order valence-electron chi connectivity index (χ4n) is 1.73. The van der Waals surface area contributed by atoms with Gasteiger partial charge in [0.25, 0.3) is 5.91 Å². The van der Waals surface area contributed by atoms with Crippen LogP contribution in [0.3, 0.4) is 0 Å². The molecule has 7 heteroatoms. The normalized spacial score (nSPS) is 10.5. The quantitative estimate of drug-likeness (QED) is 0.694. The number of nitriles is 1. The SMILES string of the molecule is Cc1c(/C=N\NC(=O)CC#N)c(Cl)nn1-c1ccccc1. The van der Waals surface area contributed by atoms with Crippen LogP contribution in [0.5, 0.6) is 0 Å². The zero-order valence-corrected chi connectivity index (χ0v) is 12.0. The van der Waals surface area contributed by atoms with Crippen molar-refractivity contribution in [2.24, 2.45) is 5.10 Å². The Morgan fingerprint density at radius 3 is 2.90 bits per heavy atom. The third kappa shape index (κ3) is 3.46. The van der Waals surface area contributed by atoms with Crippen LogP contribution in [0.2, 0.25) is 5.15 Å². The highest BCUT2D eigenvalue weighted by molar-refractivity contribution is 6.32. The van der Waals surface area contributed by atoms with E-state index in [4.69, 9.17) is 16.9 Å². The first-order valence-corrected chi connectivity index (χ1v) is 6.50. The fraction of sp³-hybridized carbons (Fsp3) is 0.143. The predicted octanol–water partition coefficient (Wildman–Crippen LogP) is 2.20. The molecule has 0 unspecified atom stereocenters. The van der Waals surface area contributed by atoms with Gasteiger partial charge < -0.3 is 0 Å². The number of para-hydroxylation sites is 1. The minimum absolute atomic E-state index is 0.243. The van der Waals surface area contributed by atoms with Gasteiger partial charge in [-0.25, -0.2) is 10.1 Å². The van der Waals surface area contributed by atoms with Gasteiger partial charge in [-0.3, -0.25) is 4.79 Å². The number of carbonyl (C=O) groups is 1. The molecule has 0 radical (unpaired) electrons. The summed E-state index contributed by atoms with van der Waals surface area (Å²) >= 11 is 6.09. The van der Waals surface area contributed by atoms with Crippen molar-refractivity contribution in [2.45, 2.75) is 13.3 Å². The van der Waals surface area contributed by atoms with Gasteiger partial charge in [0.05, 0.1) is 29.2 Å². The van der Waals surface area contributed by atoms with E-state index in [9.17, 15) is 4.79 Å². The van der Waals surface area contributed by atoms with Crippen LogP contribution < -0.4 is 5.43 Å². The Balaban J connectivity index is 2.23. The lowest BCUT2D eigenvalue weighted by Crippen LogP contribution is -2.16. The van der Waals surface area contributed by atoms with Gasteiger partial charge in [0, 0.05) is 0 Å². The second-order valence-electron chi connectivity index (χ2n) is 4.17. The average molecular weight is 302 g/mol. The highest BCUT2D eigenvalue weighted by Crippen LogP contribution is 2.20. The number of aromatic nitrogens is 2. The van der Waals surface area contributed by atoms with Gasteiger partial charge in [-0.2, -0.15) is 15.5 Å². The molecule has 21 heavy (non-hydrogen) atoms. The molecule has 0 aliphatic rings. The number of amides is 1. The summed E-state index contributed by atoms with van der Waals surface area (Å²) in [5.74, 6) is -0.474. The molecule has 0 saturated carbocycles.